The molecule has 9 nitrogen and oxygen atoms in total. The van der Waals surface area contributed by atoms with Crippen molar-refractivity contribution in [3.8, 4) is 22.8 Å². The Bertz CT molecular complexity index is 1430. The molecule has 0 bridgehead atoms. The molecule has 3 N–H and O–H groups in total. The number of nitrogens with zero attached hydrogens (tertiary/aromatic N) is 1. The number of anilines is 1. The first kappa shape index (κ1) is 23.7. The standard InChI is InChI=1S/C25H21N3O6S/c1-32-20-8-7-14(11-21(20)33-2)19-12-17(15-5-3-4-6-18(15)27-19)25(31)34-13-22(29)28-24-16(23(26)30)9-10-35-24/h3-12H,13H2,1-2H3,(H2,26,30)(H,28,29). The van der Waals surface area contributed by atoms with Crippen LogP contribution >= 0.6 is 11.3 Å². The molecule has 35 heavy (non-hydrogen) atoms. The summed E-state index contributed by atoms with van der Waals surface area (Å²) in [7, 11) is 3.08. The molecule has 2 aromatic heterocycles. The lowest BCUT2D eigenvalue weighted by Crippen LogP contribution is -2.22. The topological polar surface area (TPSA) is 130 Å². The number of primary amides is 1. The first-order chi connectivity index (χ1) is 16.9. The Morgan fingerprint density at radius 3 is 2.49 bits per heavy atom. The van der Waals surface area contributed by atoms with E-state index >= 15 is 0 Å². The van der Waals surface area contributed by atoms with Crippen molar-refractivity contribution >= 4 is 45.0 Å². The minimum atomic E-state index is -0.693. The molecule has 0 saturated carbocycles. The fourth-order valence-electron chi connectivity index (χ4n) is 3.46. The van der Waals surface area contributed by atoms with Crippen LogP contribution < -0.4 is 20.5 Å². The Hall–Kier alpha value is -4.44. The van der Waals surface area contributed by atoms with E-state index in [0.29, 0.717) is 38.7 Å². The fraction of sp³-hybridized carbons (Fsp3) is 0.120. The van der Waals surface area contributed by atoms with Gasteiger partial charge in [0.15, 0.2) is 18.1 Å². The number of nitrogens with one attached hydrogen (secondary N) is 1. The molecule has 4 rings (SSSR count). The molecule has 0 aliphatic heterocycles. The number of aromatic nitrogens is 1. The lowest BCUT2D eigenvalue weighted by molar-refractivity contribution is -0.119. The summed E-state index contributed by atoms with van der Waals surface area (Å²) in [6.45, 7) is -0.544. The van der Waals surface area contributed by atoms with E-state index < -0.39 is 24.4 Å². The largest absolute Gasteiger partial charge is 0.493 e. The van der Waals surface area contributed by atoms with Crippen LogP contribution in [0.15, 0.2) is 60.0 Å². The summed E-state index contributed by atoms with van der Waals surface area (Å²) in [5.74, 6) is -0.870. The molecule has 178 valence electrons. The van der Waals surface area contributed by atoms with Gasteiger partial charge in [-0.2, -0.15) is 0 Å². The Morgan fingerprint density at radius 1 is 0.971 bits per heavy atom. The highest BCUT2D eigenvalue weighted by atomic mass is 32.1. The summed E-state index contributed by atoms with van der Waals surface area (Å²) in [5.41, 5.74) is 7.54. The Balaban J connectivity index is 1.59. The summed E-state index contributed by atoms with van der Waals surface area (Å²) in [5, 5.41) is 5.04. The summed E-state index contributed by atoms with van der Waals surface area (Å²) in [6, 6.07) is 15.6. The van der Waals surface area contributed by atoms with E-state index in [9.17, 15) is 14.4 Å². The Kier molecular flexibility index (Phi) is 6.93. The van der Waals surface area contributed by atoms with Gasteiger partial charge in [-0.15, -0.1) is 11.3 Å². The van der Waals surface area contributed by atoms with Crippen molar-refractivity contribution < 1.29 is 28.6 Å². The second-order valence-corrected chi connectivity index (χ2v) is 8.21. The lowest BCUT2D eigenvalue weighted by Gasteiger charge is -2.12. The molecular formula is C25H21N3O6S. The molecule has 0 aliphatic carbocycles. The van der Waals surface area contributed by atoms with E-state index in [-0.39, 0.29) is 11.1 Å². The van der Waals surface area contributed by atoms with Crippen molar-refractivity contribution in [2.45, 2.75) is 0 Å². The second kappa shape index (κ2) is 10.2. The number of hydrogen-bond acceptors (Lipinski definition) is 8. The average molecular weight is 492 g/mol. The first-order valence-corrected chi connectivity index (χ1v) is 11.3. The molecule has 0 spiro atoms. The van der Waals surface area contributed by atoms with Crippen LogP contribution in [0.25, 0.3) is 22.2 Å². The van der Waals surface area contributed by atoms with Gasteiger partial charge in [-0.05, 0) is 41.8 Å². The number of carbonyl (C=O) groups is 3. The third-order valence-electron chi connectivity index (χ3n) is 5.13. The van der Waals surface area contributed by atoms with Gasteiger partial charge in [0.05, 0.1) is 36.6 Å². The number of para-hydroxylation sites is 1. The fourth-order valence-corrected chi connectivity index (χ4v) is 4.27. The van der Waals surface area contributed by atoms with Crippen LogP contribution in [0, 0.1) is 0 Å². The van der Waals surface area contributed by atoms with E-state index in [1.54, 1.807) is 55.0 Å². The maximum Gasteiger partial charge on any atom is 0.339 e. The molecule has 0 saturated heterocycles. The smallest absolute Gasteiger partial charge is 0.339 e. The van der Waals surface area contributed by atoms with Gasteiger partial charge in [-0.25, -0.2) is 9.78 Å². The number of ether oxygens (including phenoxy) is 3. The zero-order valence-corrected chi connectivity index (χ0v) is 19.7. The Morgan fingerprint density at radius 2 is 1.74 bits per heavy atom. The number of esters is 1. The maximum absolute atomic E-state index is 13.0. The first-order valence-electron chi connectivity index (χ1n) is 10.4. The molecular weight excluding hydrogens is 470 g/mol. The van der Waals surface area contributed by atoms with Gasteiger partial charge in [0.25, 0.3) is 11.8 Å². The number of nitrogens with two attached hydrogens (primary N) is 1. The minimum absolute atomic E-state index is 0.189. The van der Waals surface area contributed by atoms with Crippen LogP contribution in [0.2, 0.25) is 0 Å². The highest BCUT2D eigenvalue weighted by Crippen LogP contribution is 2.33. The van der Waals surface area contributed by atoms with Crippen LogP contribution in [-0.4, -0.2) is 43.6 Å². The van der Waals surface area contributed by atoms with Gasteiger partial charge in [-0.1, -0.05) is 18.2 Å². The van der Waals surface area contributed by atoms with Crippen LogP contribution in [0.4, 0.5) is 5.00 Å². The van der Waals surface area contributed by atoms with E-state index in [2.05, 4.69) is 10.3 Å². The second-order valence-electron chi connectivity index (χ2n) is 7.29. The predicted octanol–water partition coefficient (Wildman–Crippen LogP) is 3.87. The van der Waals surface area contributed by atoms with Crippen LogP contribution in [0.3, 0.4) is 0 Å². The molecule has 2 aromatic carbocycles. The van der Waals surface area contributed by atoms with E-state index in [1.807, 2.05) is 6.07 Å². The van der Waals surface area contributed by atoms with Gasteiger partial charge in [0, 0.05) is 10.9 Å². The van der Waals surface area contributed by atoms with Crippen molar-refractivity contribution in [3.63, 3.8) is 0 Å². The number of hydrogen-bond donors (Lipinski definition) is 2. The molecule has 2 amide bonds. The average Bonchev–Trinajstić information content (AvgIpc) is 3.34. The molecule has 2 heterocycles. The van der Waals surface area contributed by atoms with E-state index in [1.165, 1.54) is 13.2 Å². The summed E-state index contributed by atoms with van der Waals surface area (Å²) < 4.78 is 16.0. The number of fused-ring (bicyclic) bond motifs is 1. The minimum Gasteiger partial charge on any atom is -0.493 e. The highest BCUT2D eigenvalue weighted by Gasteiger charge is 2.18. The number of methoxy groups -OCH3 is 2. The quantitative estimate of drug-likeness (QED) is 0.358. The van der Waals surface area contributed by atoms with Crippen molar-refractivity contribution in [2.75, 3.05) is 26.1 Å². The Labute approximate surface area is 204 Å². The van der Waals surface area contributed by atoms with Crippen LogP contribution in [0.5, 0.6) is 11.5 Å². The summed E-state index contributed by atoms with van der Waals surface area (Å²) in [6.07, 6.45) is 0. The van der Waals surface area contributed by atoms with Gasteiger partial charge < -0.3 is 25.3 Å². The molecule has 0 aliphatic rings. The van der Waals surface area contributed by atoms with Crippen molar-refractivity contribution in [3.05, 3.63) is 71.1 Å². The molecule has 10 heteroatoms. The molecule has 0 radical (unpaired) electrons. The van der Waals surface area contributed by atoms with Gasteiger partial charge >= 0.3 is 5.97 Å². The number of amides is 2. The molecule has 0 unspecified atom stereocenters. The van der Waals surface area contributed by atoms with Crippen molar-refractivity contribution in [1.29, 1.82) is 0 Å². The van der Waals surface area contributed by atoms with Gasteiger partial charge in [0.2, 0.25) is 0 Å². The molecule has 0 fully saturated rings. The van der Waals surface area contributed by atoms with Crippen molar-refractivity contribution in [2.24, 2.45) is 5.73 Å². The number of thiophene rings is 1. The van der Waals surface area contributed by atoms with E-state index in [0.717, 1.165) is 11.3 Å². The number of benzene rings is 2. The number of pyridine rings is 1. The monoisotopic (exact) mass is 491 g/mol. The third kappa shape index (κ3) is 5.07. The van der Waals surface area contributed by atoms with Crippen molar-refractivity contribution in [1.82, 2.24) is 4.98 Å². The number of carbonyl (C=O) groups excluding carboxylic acids is 3. The third-order valence-corrected chi connectivity index (χ3v) is 5.96. The predicted molar refractivity (Wildman–Crippen MR) is 132 cm³/mol. The summed E-state index contributed by atoms with van der Waals surface area (Å²) >= 11 is 1.14. The zero-order valence-electron chi connectivity index (χ0n) is 18.9. The van der Waals surface area contributed by atoms with Crippen LogP contribution in [-0.2, 0) is 9.53 Å². The molecule has 4 aromatic rings. The zero-order chi connectivity index (χ0) is 24.9. The van der Waals surface area contributed by atoms with Gasteiger partial charge in [-0.3, -0.25) is 9.59 Å². The number of rotatable bonds is 8. The maximum atomic E-state index is 13.0. The highest BCUT2D eigenvalue weighted by molar-refractivity contribution is 7.14. The summed E-state index contributed by atoms with van der Waals surface area (Å²) in [4.78, 5) is 41.4. The van der Waals surface area contributed by atoms with Gasteiger partial charge in [0.1, 0.15) is 5.00 Å². The SMILES string of the molecule is COc1ccc(-c2cc(C(=O)OCC(=O)Nc3sccc3C(N)=O)c3ccccc3n2)cc1OC. The lowest BCUT2D eigenvalue weighted by atomic mass is 10.0. The molecule has 0 atom stereocenters. The van der Waals surface area contributed by atoms with Crippen LogP contribution in [0.1, 0.15) is 20.7 Å². The normalized spacial score (nSPS) is 10.6. The van der Waals surface area contributed by atoms with E-state index in [4.69, 9.17) is 19.9 Å².